The lowest BCUT2D eigenvalue weighted by molar-refractivity contribution is -0.136. The summed E-state index contributed by atoms with van der Waals surface area (Å²) in [6.45, 7) is 3.82. The highest BCUT2D eigenvalue weighted by Gasteiger charge is 2.33. The van der Waals surface area contributed by atoms with Crippen molar-refractivity contribution in [2.24, 2.45) is 5.73 Å². The quantitative estimate of drug-likeness (QED) is 0.679. The van der Waals surface area contributed by atoms with E-state index in [1.54, 1.807) is 41.0 Å². The lowest BCUT2D eigenvalue weighted by Crippen LogP contribution is -2.39. The Morgan fingerprint density at radius 2 is 2.21 bits per heavy atom. The summed E-state index contributed by atoms with van der Waals surface area (Å²) in [6, 6.07) is 5.79. The molecule has 1 saturated heterocycles. The van der Waals surface area contributed by atoms with Gasteiger partial charge in [0.05, 0.1) is 12.2 Å². The van der Waals surface area contributed by atoms with Crippen molar-refractivity contribution < 1.29 is 13.9 Å². The Balaban J connectivity index is 1.47. The molecule has 2 N–H and O–H groups in total. The number of ether oxygens (including phenoxy) is 1. The first-order chi connectivity index (χ1) is 14.1. The van der Waals surface area contributed by atoms with Gasteiger partial charge in [-0.25, -0.2) is 19.0 Å². The normalized spacial score (nSPS) is 17.6. The van der Waals surface area contributed by atoms with E-state index in [1.165, 1.54) is 12.1 Å². The molecule has 1 aromatic carbocycles. The number of carbonyl (C=O) groups is 1. The zero-order chi connectivity index (χ0) is 20.4. The van der Waals surface area contributed by atoms with Crippen LogP contribution in [0.2, 0.25) is 0 Å². The second kappa shape index (κ2) is 8.12. The maximum Gasteiger partial charge on any atom is 0.263 e. The van der Waals surface area contributed by atoms with E-state index in [1.807, 2.05) is 0 Å². The number of amides is 1. The van der Waals surface area contributed by atoms with Gasteiger partial charge in [0.15, 0.2) is 11.8 Å². The average molecular weight is 398 g/mol. The van der Waals surface area contributed by atoms with Crippen LogP contribution in [-0.4, -0.2) is 56.3 Å². The van der Waals surface area contributed by atoms with Crippen molar-refractivity contribution in [3.63, 3.8) is 0 Å². The number of likely N-dealkylation sites (tertiary alicyclic amines) is 1. The smallest absolute Gasteiger partial charge is 0.263 e. The van der Waals surface area contributed by atoms with Crippen molar-refractivity contribution in [2.45, 2.75) is 31.9 Å². The SMILES string of the molecule is C[C@@H](Oc1cccc(F)c1)C(=O)N1CC[C@H](c2nn(CCN)c3nccnc23)C1. The summed E-state index contributed by atoms with van der Waals surface area (Å²) in [7, 11) is 0. The summed E-state index contributed by atoms with van der Waals surface area (Å²) < 4.78 is 20.7. The van der Waals surface area contributed by atoms with E-state index in [2.05, 4.69) is 15.1 Å². The Morgan fingerprint density at radius 1 is 1.38 bits per heavy atom. The van der Waals surface area contributed by atoms with Crippen LogP contribution in [0.1, 0.15) is 25.0 Å². The molecule has 0 spiro atoms. The van der Waals surface area contributed by atoms with Gasteiger partial charge >= 0.3 is 0 Å². The lowest BCUT2D eigenvalue weighted by Gasteiger charge is -2.21. The van der Waals surface area contributed by atoms with E-state index >= 15 is 0 Å². The van der Waals surface area contributed by atoms with Crippen molar-refractivity contribution in [3.8, 4) is 5.75 Å². The van der Waals surface area contributed by atoms with E-state index in [4.69, 9.17) is 10.5 Å². The first kappa shape index (κ1) is 19.3. The van der Waals surface area contributed by atoms with Gasteiger partial charge in [-0.05, 0) is 25.5 Å². The number of halogens is 1. The van der Waals surface area contributed by atoms with Gasteiger partial charge in [0.2, 0.25) is 0 Å². The van der Waals surface area contributed by atoms with E-state index in [-0.39, 0.29) is 11.8 Å². The highest BCUT2D eigenvalue weighted by Crippen LogP contribution is 2.30. The molecule has 2 atom stereocenters. The molecule has 152 valence electrons. The number of benzene rings is 1. The van der Waals surface area contributed by atoms with Gasteiger partial charge in [-0.3, -0.25) is 4.79 Å². The number of fused-ring (bicyclic) bond motifs is 1. The van der Waals surface area contributed by atoms with Crippen LogP contribution >= 0.6 is 0 Å². The van der Waals surface area contributed by atoms with Crippen molar-refractivity contribution in [2.75, 3.05) is 19.6 Å². The molecule has 1 aliphatic rings. The first-order valence-corrected chi connectivity index (χ1v) is 9.65. The molecule has 0 aliphatic carbocycles. The Labute approximate surface area is 167 Å². The minimum Gasteiger partial charge on any atom is -0.481 e. The number of rotatable bonds is 6. The predicted octanol–water partition coefficient (Wildman–Crippen LogP) is 1.71. The number of nitrogens with zero attached hydrogens (tertiary/aromatic N) is 5. The molecular weight excluding hydrogens is 375 g/mol. The topological polar surface area (TPSA) is 99.2 Å². The zero-order valence-electron chi connectivity index (χ0n) is 16.2. The van der Waals surface area contributed by atoms with Crippen molar-refractivity contribution in [1.29, 1.82) is 0 Å². The van der Waals surface area contributed by atoms with Crippen molar-refractivity contribution in [1.82, 2.24) is 24.6 Å². The summed E-state index contributed by atoms with van der Waals surface area (Å²) >= 11 is 0. The first-order valence-electron chi connectivity index (χ1n) is 9.65. The molecule has 8 nitrogen and oxygen atoms in total. The molecule has 0 unspecified atom stereocenters. The molecule has 0 radical (unpaired) electrons. The Bertz CT molecular complexity index is 1020. The molecule has 3 heterocycles. The van der Waals surface area contributed by atoms with Crippen LogP contribution < -0.4 is 10.5 Å². The Kier molecular flexibility index (Phi) is 5.39. The lowest BCUT2D eigenvalue weighted by atomic mass is 10.0. The highest BCUT2D eigenvalue weighted by molar-refractivity contribution is 5.81. The van der Waals surface area contributed by atoms with Gasteiger partial charge in [0.1, 0.15) is 17.1 Å². The third kappa shape index (κ3) is 3.91. The number of carbonyl (C=O) groups excluding carboxylic acids is 1. The maximum atomic E-state index is 13.3. The third-order valence-corrected chi connectivity index (χ3v) is 5.08. The summed E-state index contributed by atoms with van der Waals surface area (Å²) in [4.78, 5) is 23.4. The largest absolute Gasteiger partial charge is 0.481 e. The molecule has 1 fully saturated rings. The number of aromatic nitrogens is 4. The molecule has 2 aromatic heterocycles. The standard InChI is InChI=1S/C20H23FN6O2/c1-13(29-16-4-2-3-15(21)11-16)20(28)26-9-5-14(12-26)17-18-19(24-8-7-23-18)27(25-17)10-6-22/h2-4,7-8,11,13-14H,5-6,9-10,12,22H2,1H3/t13-,14+/m1/s1. The van der Waals surface area contributed by atoms with Crippen molar-refractivity contribution in [3.05, 3.63) is 48.2 Å². The van der Waals surface area contributed by atoms with E-state index in [0.717, 1.165) is 17.6 Å². The predicted molar refractivity (Wildman–Crippen MR) is 105 cm³/mol. The molecule has 4 rings (SSSR count). The van der Waals surface area contributed by atoms with Crippen LogP contribution in [0.25, 0.3) is 11.2 Å². The van der Waals surface area contributed by atoms with Gasteiger partial charge in [-0.2, -0.15) is 5.10 Å². The minimum absolute atomic E-state index is 0.0681. The van der Waals surface area contributed by atoms with E-state index in [0.29, 0.717) is 37.6 Å². The molecule has 0 saturated carbocycles. The van der Waals surface area contributed by atoms with Crippen molar-refractivity contribution >= 4 is 17.1 Å². The molecule has 0 bridgehead atoms. The summed E-state index contributed by atoms with van der Waals surface area (Å²) in [5.41, 5.74) is 7.99. The fraction of sp³-hybridized carbons (Fsp3) is 0.400. The third-order valence-electron chi connectivity index (χ3n) is 5.08. The van der Waals surface area contributed by atoms with Gasteiger partial charge in [0, 0.05) is 44.0 Å². The van der Waals surface area contributed by atoms with Crippen LogP contribution in [0.4, 0.5) is 4.39 Å². The fourth-order valence-corrected chi connectivity index (χ4v) is 3.71. The van der Waals surface area contributed by atoms with Gasteiger partial charge in [0.25, 0.3) is 5.91 Å². The molecule has 1 amide bonds. The number of hydrogen-bond acceptors (Lipinski definition) is 6. The Hall–Kier alpha value is -3.07. The van der Waals surface area contributed by atoms with Crippen LogP contribution in [-0.2, 0) is 11.3 Å². The second-order valence-corrected chi connectivity index (χ2v) is 7.11. The van der Waals surface area contributed by atoms with Crippen LogP contribution in [0.15, 0.2) is 36.7 Å². The average Bonchev–Trinajstić information content (AvgIpc) is 3.33. The second-order valence-electron chi connectivity index (χ2n) is 7.11. The zero-order valence-corrected chi connectivity index (χ0v) is 16.2. The van der Waals surface area contributed by atoms with E-state index < -0.39 is 11.9 Å². The maximum absolute atomic E-state index is 13.3. The molecule has 9 heteroatoms. The fourth-order valence-electron chi connectivity index (χ4n) is 3.71. The summed E-state index contributed by atoms with van der Waals surface area (Å²) in [5, 5.41) is 4.68. The summed E-state index contributed by atoms with van der Waals surface area (Å²) in [5.74, 6) is -0.125. The van der Waals surface area contributed by atoms with Gasteiger partial charge in [-0.1, -0.05) is 6.07 Å². The van der Waals surface area contributed by atoms with Gasteiger partial charge in [-0.15, -0.1) is 0 Å². The van der Waals surface area contributed by atoms with Crippen LogP contribution in [0, 0.1) is 5.82 Å². The number of nitrogens with two attached hydrogens (primary N) is 1. The highest BCUT2D eigenvalue weighted by atomic mass is 19.1. The van der Waals surface area contributed by atoms with E-state index in [9.17, 15) is 9.18 Å². The van der Waals surface area contributed by atoms with Gasteiger partial charge < -0.3 is 15.4 Å². The molecule has 29 heavy (non-hydrogen) atoms. The van der Waals surface area contributed by atoms with Crippen LogP contribution in [0.5, 0.6) is 5.75 Å². The monoisotopic (exact) mass is 398 g/mol. The van der Waals surface area contributed by atoms with Crippen LogP contribution in [0.3, 0.4) is 0 Å². The minimum atomic E-state index is -0.707. The molecular formula is C20H23FN6O2. The number of hydrogen-bond donors (Lipinski definition) is 1. The molecule has 3 aromatic rings. The molecule has 1 aliphatic heterocycles. The Morgan fingerprint density at radius 3 is 3.00 bits per heavy atom. The summed E-state index contributed by atoms with van der Waals surface area (Å²) in [6.07, 6.45) is 3.36.